The molecule has 0 aliphatic rings. The number of amides is 1. The summed E-state index contributed by atoms with van der Waals surface area (Å²) in [5.41, 5.74) is 0.293. The molecule has 11 heavy (non-hydrogen) atoms. The van der Waals surface area contributed by atoms with Crippen molar-refractivity contribution in [3.05, 3.63) is 29.8 Å². The van der Waals surface area contributed by atoms with Gasteiger partial charge in [0.15, 0.2) is 0 Å². The van der Waals surface area contributed by atoms with E-state index >= 15 is 0 Å². The van der Waals surface area contributed by atoms with Gasteiger partial charge in [0.2, 0.25) is 0 Å². The molecule has 0 aliphatic heterocycles. The summed E-state index contributed by atoms with van der Waals surface area (Å²) in [6.45, 7) is 0. The maximum absolute atomic E-state index is 11.0. The SMILES string of the molecule is O=C(NI)c1ccccc1O. The van der Waals surface area contributed by atoms with Crippen molar-refractivity contribution in [3.8, 4) is 5.75 Å². The monoisotopic (exact) mass is 263 g/mol. The summed E-state index contributed by atoms with van der Waals surface area (Å²) in [6, 6.07) is 6.39. The Morgan fingerprint density at radius 2 is 2.09 bits per heavy atom. The van der Waals surface area contributed by atoms with Gasteiger partial charge in [-0.1, -0.05) is 12.1 Å². The Hall–Kier alpha value is -0.780. The standard InChI is InChI=1S/C7H6INO2/c8-9-7(11)5-3-1-2-4-6(5)10/h1-4,10H,(H,9,11). The number of halogens is 1. The molecule has 0 heterocycles. The zero-order valence-electron chi connectivity index (χ0n) is 5.54. The number of aromatic hydroxyl groups is 1. The van der Waals surface area contributed by atoms with Gasteiger partial charge < -0.3 is 5.11 Å². The largest absolute Gasteiger partial charge is 0.507 e. The molecular weight excluding hydrogens is 257 g/mol. The fourth-order valence-corrected chi connectivity index (χ4v) is 1.01. The maximum Gasteiger partial charge on any atom is 0.263 e. The summed E-state index contributed by atoms with van der Waals surface area (Å²) in [4.78, 5) is 11.0. The zero-order valence-corrected chi connectivity index (χ0v) is 7.70. The van der Waals surface area contributed by atoms with Gasteiger partial charge in [-0.2, -0.15) is 0 Å². The lowest BCUT2D eigenvalue weighted by atomic mass is 10.2. The first kappa shape index (κ1) is 8.32. The van der Waals surface area contributed by atoms with Gasteiger partial charge in [0.05, 0.1) is 28.4 Å². The molecule has 0 bridgehead atoms. The first-order chi connectivity index (χ1) is 5.25. The average molecular weight is 263 g/mol. The molecule has 1 aromatic carbocycles. The van der Waals surface area contributed by atoms with E-state index in [2.05, 4.69) is 3.53 Å². The highest BCUT2D eigenvalue weighted by Crippen LogP contribution is 2.15. The first-order valence-electron chi connectivity index (χ1n) is 2.94. The van der Waals surface area contributed by atoms with E-state index in [0.717, 1.165) is 0 Å². The smallest absolute Gasteiger partial charge is 0.263 e. The van der Waals surface area contributed by atoms with Gasteiger partial charge in [-0.15, -0.1) is 0 Å². The maximum atomic E-state index is 11.0. The number of phenolic OH excluding ortho intramolecular Hbond substituents is 1. The summed E-state index contributed by atoms with van der Waals surface area (Å²) in [5, 5.41) is 9.15. The summed E-state index contributed by atoms with van der Waals surface area (Å²) in [5.74, 6) is -0.287. The van der Waals surface area contributed by atoms with Crippen LogP contribution in [-0.4, -0.2) is 11.0 Å². The van der Waals surface area contributed by atoms with Gasteiger partial charge in [0, 0.05) is 0 Å². The summed E-state index contributed by atoms with van der Waals surface area (Å²) in [7, 11) is 0. The third kappa shape index (κ3) is 1.83. The highest BCUT2D eigenvalue weighted by atomic mass is 127. The van der Waals surface area contributed by atoms with Crippen LogP contribution in [0.15, 0.2) is 24.3 Å². The second-order valence-corrected chi connectivity index (χ2v) is 2.48. The minimum absolute atomic E-state index is 0.00154. The topological polar surface area (TPSA) is 49.3 Å². The van der Waals surface area contributed by atoms with Crippen LogP contribution in [0.4, 0.5) is 0 Å². The van der Waals surface area contributed by atoms with Gasteiger partial charge in [-0.25, -0.2) is 0 Å². The Morgan fingerprint density at radius 1 is 1.45 bits per heavy atom. The van der Waals surface area contributed by atoms with Gasteiger partial charge in [0.1, 0.15) is 5.75 Å². The van der Waals surface area contributed by atoms with E-state index < -0.39 is 0 Å². The van der Waals surface area contributed by atoms with Gasteiger partial charge >= 0.3 is 0 Å². The lowest BCUT2D eigenvalue weighted by molar-refractivity contribution is 0.0987. The number of para-hydroxylation sites is 1. The van der Waals surface area contributed by atoms with Gasteiger partial charge in [0.25, 0.3) is 5.91 Å². The van der Waals surface area contributed by atoms with E-state index in [1.54, 1.807) is 41.1 Å². The van der Waals surface area contributed by atoms with Crippen molar-refractivity contribution in [2.24, 2.45) is 0 Å². The van der Waals surface area contributed by atoms with Crippen LogP contribution < -0.4 is 3.53 Å². The van der Waals surface area contributed by atoms with Crippen LogP contribution in [0.5, 0.6) is 5.75 Å². The van der Waals surface area contributed by atoms with E-state index in [1.807, 2.05) is 0 Å². The third-order valence-electron chi connectivity index (χ3n) is 1.23. The molecule has 3 nitrogen and oxygen atoms in total. The van der Waals surface area contributed by atoms with Crippen molar-refractivity contribution >= 4 is 28.8 Å². The number of rotatable bonds is 1. The predicted molar refractivity (Wildman–Crippen MR) is 49.6 cm³/mol. The third-order valence-corrected chi connectivity index (χ3v) is 1.72. The molecule has 0 saturated heterocycles. The molecule has 0 aliphatic carbocycles. The first-order valence-corrected chi connectivity index (χ1v) is 4.02. The number of nitrogens with one attached hydrogen (secondary N) is 1. The zero-order chi connectivity index (χ0) is 8.27. The fourth-order valence-electron chi connectivity index (χ4n) is 0.717. The van der Waals surface area contributed by atoms with Crippen LogP contribution >= 0.6 is 22.9 Å². The van der Waals surface area contributed by atoms with E-state index in [9.17, 15) is 4.79 Å². The number of benzene rings is 1. The van der Waals surface area contributed by atoms with E-state index in [-0.39, 0.29) is 11.7 Å². The Kier molecular flexibility index (Phi) is 2.70. The minimum Gasteiger partial charge on any atom is -0.507 e. The Morgan fingerprint density at radius 3 is 2.64 bits per heavy atom. The Bertz CT molecular complexity index is 275. The molecule has 1 aromatic rings. The number of carbonyl (C=O) groups is 1. The highest BCUT2D eigenvalue weighted by molar-refractivity contribution is 14.1. The molecule has 0 aromatic heterocycles. The average Bonchev–Trinajstić information content (AvgIpc) is 2.04. The van der Waals surface area contributed by atoms with E-state index in [0.29, 0.717) is 5.56 Å². The number of phenols is 1. The molecule has 2 N–H and O–H groups in total. The van der Waals surface area contributed by atoms with Crippen LogP contribution in [0.25, 0.3) is 0 Å². The van der Waals surface area contributed by atoms with Crippen LogP contribution in [0.1, 0.15) is 10.4 Å². The Labute approximate surface area is 77.9 Å². The van der Waals surface area contributed by atoms with Crippen LogP contribution in [0, 0.1) is 0 Å². The second kappa shape index (κ2) is 3.56. The lowest BCUT2D eigenvalue weighted by Crippen LogP contribution is -2.11. The quantitative estimate of drug-likeness (QED) is 0.595. The molecule has 0 radical (unpaired) electrons. The van der Waals surface area contributed by atoms with Crippen molar-refractivity contribution in [2.75, 3.05) is 0 Å². The molecule has 0 saturated carbocycles. The molecule has 4 heteroatoms. The van der Waals surface area contributed by atoms with Gasteiger partial charge in [-0.05, 0) is 12.1 Å². The fraction of sp³-hybridized carbons (Fsp3) is 0. The summed E-state index contributed by atoms with van der Waals surface area (Å²) >= 11 is 1.72. The van der Waals surface area contributed by atoms with Crippen molar-refractivity contribution in [3.63, 3.8) is 0 Å². The lowest BCUT2D eigenvalue weighted by Gasteiger charge is -1.99. The van der Waals surface area contributed by atoms with Crippen LogP contribution in [0.3, 0.4) is 0 Å². The molecule has 0 unspecified atom stereocenters. The summed E-state index contributed by atoms with van der Waals surface area (Å²) < 4.78 is 2.39. The number of hydrogen-bond donors (Lipinski definition) is 2. The van der Waals surface area contributed by atoms with Gasteiger partial charge in [-0.3, -0.25) is 8.32 Å². The van der Waals surface area contributed by atoms with E-state index in [4.69, 9.17) is 5.11 Å². The molecule has 58 valence electrons. The number of hydrogen-bond acceptors (Lipinski definition) is 2. The van der Waals surface area contributed by atoms with Crippen molar-refractivity contribution in [1.82, 2.24) is 3.53 Å². The molecular formula is C7H6INO2. The van der Waals surface area contributed by atoms with Crippen molar-refractivity contribution < 1.29 is 9.90 Å². The summed E-state index contributed by atoms with van der Waals surface area (Å²) in [6.07, 6.45) is 0. The minimum atomic E-state index is -0.288. The van der Waals surface area contributed by atoms with Crippen LogP contribution in [0.2, 0.25) is 0 Å². The molecule has 0 spiro atoms. The normalized spacial score (nSPS) is 9.18. The molecule has 1 amide bonds. The van der Waals surface area contributed by atoms with Crippen molar-refractivity contribution in [1.29, 1.82) is 0 Å². The highest BCUT2D eigenvalue weighted by Gasteiger charge is 2.06. The number of carbonyl (C=O) groups excluding carboxylic acids is 1. The molecule has 1 rings (SSSR count). The molecule has 0 fully saturated rings. The van der Waals surface area contributed by atoms with Crippen molar-refractivity contribution in [2.45, 2.75) is 0 Å². The Balaban J connectivity index is 3.03. The van der Waals surface area contributed by atoms with E-state index in [1.165, 1.54) is 6.07 Å². The predicted octanol–water partition coefficient (Wildman–Crippen LogP) is 1.47. The molecule has 0 atom stereocenters. The van der Waals surface area contributed by atoms with Crippen LogP contribution in [-0.2, 0) is 0 Å². The second-order valence-electron chi connectivity index (χ2n) is 1.94.